The Balaban J connectivity index is 1.42. The molecule has 3 rings (SSSR count). The van der Waals surface area contributed by atoms with Crippen LogP contribution in [0.5, 0.6) is 23.0 Å². The summed E-state index contributed by atoms with van der Waals surface area (Å²) in [6.07, 6.45) is 0. The maximum absolute atomic E-state index is 12.2. The van der Waals surface area contributed by atoms with Gasteiger partial charge < -0.3 is 29.6 Å². The number of ether oxygens (including phenoxy) is 4. The molecule has 0 spiro atoms. The largest absolute Gasteiger partial charge is 0.493 e. The molecule has 138 valence electrons. The van der Waals surface area contributed by atoms with Gasteiger partial charge in [-0.2, -0.15) is 0 Å². The lowest BCUT2D eigenvalue weighted by atomic mass is 10.2. The van der Waals surface area contributed by atoms with Crippen LogP contribution in [0.3, 0.4) is 0 Å². The number of hydrogen-bond donors (Lipinski definition) is 2. The van der Waals surface area contributed by atoms with Gasteiger partial charge in [-0.3, -0.25) is 4.79 Å². The zero-order chi connectivity index (χ0) is 18.4. The molecule has 0 fully saturated rings. The summed E-state index contributed by atoms with van der Waals surface area (Å²) in [5.41, 5.74) is 1.62. The van der Waals surface area contributed by atoms with Gasteiger partial charge >= 0.3 is 0 Å². The molecule has 26 heavy (non-hydrogen) atoms. The predicted molar refractivity (Wildman–Crippen MR) is 96.2 cm³/mol. The minimum absolute atomic E-state index is 0.157. The predicted octanol–water partition coefficient (Wildman–Crippen LogP) is 1.95. The van der Waals surface area contributed by atoms with Gasteiger partial charge in [-0.25, -0.2) is 0 Å². The third-order valence-electron chi connectivity index (χ3n) is 4.00. The highest BCUT2D eigenvalue weighted by atomic mass is 16.7. The Hall–Kier alpha value is -2.93. The fraction of sp³-hybridized carbons (Fsp3) is 0.316. The molecule has 0 aliphatic carbocycles. The summed E-state index contributed by atoms with van der Waals surface area (Å²) in [7, 11) is 3.10. The first-order valence-electron chi connectivity index (χ1n) is 8.30. The average molecular weight is 358 g/mol. The molecule has 0 bridgehead atoms. The number of carbonyl (C=O) groups is 1. The summed E-state index contributed by atoms with van der Waals surface area (Å²) >= 11 is 0. The van der Waals surface area contributed by atoms with Crippen molar-refractivity contribution in [3.05, 3.63) is 47.5 Å². The summed E-state index contributed by atoms with van der Waals surface area (Å²) in [5, 5.41) is 6.16. The quantitative estimate of drug-likeness (QED) is 0.703. The Morgan fingerprint density at radius 1 is 1.00 bits per heavy atom. The Labute approximate surface area is 152 Å². The van der Waals surface area contributed by atoms with E-state index in [1.54, 1.807) is 32.4 Å². The van der Waals surface area contributed by atoms with Gasteiger partial charge in [0.15, 0.2) is 23.0 Å². The first kappa shape index (κ1) is 17.9. The normalized spacial score (nSPS) is 11.9. The van der Waals surface area contributed by atoms with E-state index in [2.05, 4.69) is 10.6 Å². The van der Waals surface area contributed by atoms with Gasteiger partial charge in [0, 0.05) is 25.2 Å². The molecular weight excluding hydrogens is 336 g/mol. The van der Waals surface area contributed by atoms with E-state index in [1.807, 2.05) is 18.2 Å². The number of carbonyl (C=O) groups excluding carboxylic acids is 1. The minimum Gasteiger partial charge on any atom is -0.493 e. The molecule has 1 amide bonds. The molecule has 0 aromatic heterocycles. The fourth-order valence-electron chi connectivity index (χ4n) is 2.63. The van der Waals surface area contributed by atoms with E-state index in [1.165, 1.54) is 0 Å². The third kappa shape index (κ3) is 4.18. The van der Waals surface area contributed by atoms with Crippen molar-refractivity contribution in [1.82, 2.24) is 10.6 Å². The van der Waals surface area contributed by atoms with Crippen molar-refractivity contribution in [2.45, 2.75) is 6.54 Å². The number of nitrogens with one attached hydrogen (secondary N) is 2. The molecule has 1 heterocycles. The van der Waals surface area contributed by atoms with Crippen LogP contribution < -0.4 is 29.6 Å². The SMILES string of the molecule is COc1ccc(C(=O)NCCNCc2ccc3c(c2)OCO3)cc1OC. The highest BCUT2D eigenvalue weighted by molar-refractivity contribution is 5.94. The molecular formula is C19H22N2O5. The van der Waals surface area contributed by atoms with E-state index in [0.29, 0.717) is 36.7 Å². The molecule has 0 atom stereocenters. The first-order chi connectivity index (χ1) is 12.7. The van der Waals surface area contributed by atoms with Gasteiger partial charge in [0.05, 0.1) is 14.2 Å². The summed E-state index contributed by atoms with van der Waals surface area (Å²) in [6, 6.07) is 10.9. The molecule has 7 heteroatoms. The Morgan fingerprint density at radius 2 is 1.81 bits per heavy atom. The van der Waals surface area contributed by atoms with Crippen molar-refractivity contribution in [2.24, 2.45) is 0 Å². The summed E-state index contributed by atoms with van der Waals surface area (Å²) < 4.78 is 21.0. The van der Waals surface area contributed by atoms with E-state index in [-0.39, 0.29) is 12.7 Å². The lowest BCUT2D eigenvalue weighted by Gasteiger charge is -2.10. The highest BCUT2D eigenvalue weighted by Crippen LogP contribution is 2.32. The van der Waals surface area contributed by atoms with Gasteiger partial charge in [0.1, 0.15) is 0 Å². The van der Waals surface area contributed by atoms with Crippen molar-refractivity contribution >= 4 is 5.91 Å². The van der Waals surface area contributed by atoms with Crippen molar-refractivity contribution < 1.29 is 23.7 Å². The zero-order valence-corrected chi connectivity index (χ0v) is 14.8. The van der Waals surface area contributed by atoms with Crippen LogP contribution in [0.1, 0.15) is 15.9 Å². The maximum Gasteiger partial charge on any atom is 0.251 e. The van der Waals surface area contributed by atoms with E-state index in [4.69, 9.17) is 18.9 Å². The second kappa shape index (κ2) is 8.44. The lowest BCUT2D eigenvalue weighted by Crippen LogP contribution is -2.31. The molecule has 2 aromatic carbocycles. The molecule has 0 saturated heterocycles. The van der Waals surface area contributed by atoms with Gasteiger partial charge in [-0.05, 0) is 35.9 Å². The van der Waals surface area contributed by atoms with Crippen LogP contribution in [0, 0.1) is 0 Å². The van der Waals surface area contributed by atoms with Crippen LogP contribution in [0.25, 0.3) is 0 Å². The number of rotatable bonds is 8. The topological polar surface area (TPSA) is 78.1 Å². The van der Waals surface area contributed by atoms with Crippen LogP contribution in [-0.4, -0.2) is 40.0 Å². The van der Waals surface area contributed by atoms with Crippen LogP contribution in [0.4, 0.5) is 0 Å². The van der Waals surface area contributed by atoms with Gasteiger partial charge in [-0.15, -0.1) is 0 Å². The first-order valence-corrected chi connectivity index (χ1v) is 8.30. The number of benzene rings is 2. The second-order valence-corrected chi connectivity index (χ2v) is 5.69. The number of fused-ring (bicyclic) bond motifs is 1. The van der Waals surface area contributed by atoms with Crippen molar-refractivity contribution in [3.63, 3.8) is 0 Å². The second-order valence-electron chi connectivity index (χ2n) is 5.69. The molecule has 0 saturated carbocycles. The summed E-state index contributed by atoms with van der Waals surface area (Å²) in [4.78, 5) is 12.2. The number of hydrogen-bond acceptors (Lipinski definition) is 6. The fourth-order valence-corrected chi connectivity index (χ4v) is 2.63. The van der Waals surface area contributed by atoms with Gasteiger partial charge in [0.2, 0.25) is 6.79 Å². The smallest absolute Gasteiger partial charge is 0.251 e. The van der Waals surface area contributed by atoms with E-state index in [0.717, 1.165) is 17.1 Å². The monoisotopic (exact) mass is 358 g/mol. The number of methoxy groups -OCH3 is 2. The molecule has 1 aliphatic heterocycles. The minimum atomic E-state index is -0.157. The van der Waals surface area contributed by atoms with Gasteiger partial charge in [0.25, 0.3) is 5.91 Å². The molecule has 0 radical (unpaired) electrons. The standard InChI is InChI=1S/C19H22N2O5/c1-23-15-6-4-14(10-17(15)24-2)19(22)21-8-7-20-11-13-3-5-16-18(9-13)26-12-25-16/h3-6,9-10,20H,7-8,11-12H2,1-2H3,(H,21,22). The average Bonchev–Trinajstić information content (AvgIpc) is 3.14. The molecule has 2 N–H and O–H groups in total. The van der Waals surface area contributed by atoms with Crippen molar-refractivity contribution in [2.75, 3.05) is 34.1 Å². The summed E-state index contributed by atoms with van der Waals surface area (Å²) in [5.74, 6) is 2.51. The van der Waals surface area contributed by atoms with Crippen molar-refractivity contribution in [1.29, 1.82) is 0 Å². The van der Waals surface area contributed by atoms with Crippen molar-refractivity contribution in [3.8, 4) is 23.0 Å². The molecule has 2 aromatic rings. The maximum atomic E-state index is 12.2. The Morgan fingerprint density at radius 3 is 2.62 bits per heavy atom. The Bertz CT molecular complexity index is 779. The number of amides is 1. The highest BCUT2D eigenvalue weighted by Gasteiger charge is 2.13. The molecule has 7 nitrogen and oxygen atoms in total. The Kier molecular flexibility index (Phi) is 5.80. The summed E-state index contributed by atoms with van der Waals surface area (Å²) in [6.45, 7) is 2.11. The van der Waals surface area contributed by atoms with Crippen LogP contribution in [0.2, 0.25) is 0 Å². The third-order valence-corrected chi connectivity index (χ3v) is 4.00. The van der Waals surface area contributed by atoms with Crippen LogP contribution >= 0.6 is 0 Å². The van der Waals surface area contributed by atoms with E-state index in [9.17, 15) is 4.79 Å². The van der Waals surface area contributed by atoms with Gasteiger partial charge in [-0.1, -0.05) is 6.07 Å². The zero-order valence-electron chi connectivity index (χ0n) is 14.8. The molecule has 0 unspecified atom stereocenters. The molecule has 1 aliphatic rings. The van der Waals surface area contributed by atoms with Crippen LogP contribution in [-0.2, 0) is 6.54 Å². The van der Waals surface area contributed by atoms with Crippen LogP contribution in [0.15, 0.2) is 36.4 Å². The van der Waals surface area contributed by atoms with E-state index < -0.39 is 0 Å². The van der Waals surface area contributed by atoms with E-state index >= 15 is 0 Å². The lowest BCUT2D eigenvalue weighted by molar-refractivity contribution is 0.0953.